The fraction of sp³-hybridized carbons (Fsp3) is 0.400. The van der Waals surface area contributed by atoms with Crippen LogP contribution < -0.4 is 0 Å². The van der Waals surface area contributed by atoms with E-state index >= 15 is 0 Å². The summed E-state index contributed by atoms with van der Waals surface area (Å²) in [5.74, 6) is -0.346. The fourth-order valence-electron chi connectivity index (χ4n) is 1.23. The van der Waals surface area contributed by atoms with Gasteiger partial charge in [-0.15, -0.1) is 0 Å². The third-order valence-corrected chi connectivity index (χ3v) is 8.70. The van der Waals surface area contributed by atoms with Crippen LogP contribution in [0, 0.1) is 9.09 Å². The van der Waals surface area contributed by atoms with E-state index in [9.17, 15) is 4.79 Å². The Hall–Kier alpha value is -0.690. The average molecular weight is 293 g/mol. The van der Waals surface area contributed by atoms with Crippen molar-refractivity contribution in [2.75, 3.05) is 0 Å². The van der Waals surface area contributed by atoms with Crippen molar-refractivity contribution in [3.63, 3.8) is 0 Å². The molecule has 0 spiro atoms. The number of nitrogens with zero attached hydrogens (tertiary/aromatic N) is 1. The molecule has 0 bridgehead atoms. The molecule has 0 aliphatic carbocycles. The third kappa shape index (κ3) is 2.65. The number of hydrogen-bond acceptors (Lipinski definition) is 3. The topological polar surface area (TPSA) is 50.1 Å². The van der Waals surface area contributed by atoms with Gasteiger partial charge in [0.15, 0.2) is 0 Å². The summed E-state index contributed by atoms with van der Waals surface area (Å²) in [6, 6.07) is 0. The van der Waals surface area contributed by atoms with Crippen LogP contribution in [0.2, 0.25) is 4.18 Å². The first-order valence-corrected chi connectivity index (χ1v) is 10.5. The molecule has 1 aliphatic rings. The van der Waals surface area contributed by atoms with Crippen LogP contribution in [-0.4, -0.2) is 31.3 Å². The first-order valence-electron chi connectivity index (χ1n) is 4.64. The molecule has 4 heteroatoms. The Morgan fingerprint density at radius 2 is 2.57 bits per heavy atom. The van der Waals surface area contributed by atoms with E-state index in [1.165, 1.54) is 0 Å². The monoisotopic (exact) mass is 293 g/mol. The number of allylic oxidation sites excluding steroid dienone is 1. The molecule has 0 amide bonds. The Morgan fingerprint density at radius 3 is 3.14 bits per heavy atom. The minimum absolute atomic E-state index is 0.183. The summed E-state index contributed by atoms with van der Waals surface area (Å²) in [5, 5.41) is 8.83. The molecule has 0 N–H and O–H groups in total. The van der Waals surface area contributed by atoms with E-state index < -0.39 is 21.4 Å². The Labute approximate surface area is 91.6 Å². The van der Waals surface area contributed by atoms with E-state index in [0.29, 0.717) is 12.0 Å². The van der Waals surface area contributed by atoms with Gasteiger partial charge in [0.05, 0.1) is 0 Å². The molecule has 0 fully saturated rings. The van der Waals surface area contributed by atoms with E-state index in [0.717, 1.165) is 4.18 Å². The SMILES string of the molecule is C=C(CC)C(=O)O[CH]1C=C[CH2][In]1[C]#N. The Bertz CT molecular complexity index is 317. The van der Waals surface area contributed by atoms with Gasteiger partial charge in [0.1, 0.15) is 0 Å². The average Bonchev–Trinajstić information content (AvgIpc) is 2.63. The Balaban J connectivity index is 2.53. The van der Waals surface area contributed by atoms with Gasteiger partial charge in [0.2, 0.25) is 0 Å². The predicted octanol–water partition coefficient (Wildman–Crippen LogP) is 1.53. The normalized spacial score (nSPS) is 19.1. The van der Waals surface area contributed by atoms with Crippen molar-refractivity contribution < 1.29 is 9.53 Å². The van der Waals surface area contributed by atoms with Gasteiger partial charge in [-0.05, 0) is 0 Å². The van der Waals surface area contributed by atoms with Gasteiger partial charge < -0.3 is 0 Å². The molecule has 1 unspecified atom stereocenters. The van der Waals surface area contributed by atoms with Gasteiger partial charge in [0.25, 0.3) is 0 Å². The maximum absolute atomic E-state index is 11.4. The zero-order chi connectivity index (χ0) is 10.6. The number of carbonyl (C=O) groups excluding carboxylic acids is 1. The van der Waals surface area contributed by atoms with Crippen LogP contribution in [0.4, 0.5) is 0 Å². The van der Waals surface area contributed by atoms with Gasteiger partial charge in [0, 0.05) is 0 Å². The van der Waals surface area contributed by atoms with E-state index in [-0.39, 0.29) is 9.83 Å². The van der Waals surface area contributed by atoms with Gasteiger partial charge >= 0.3 is 91.7 Å². The van der Waals surface area contributed by atoms with E-state index in [2.05, 4.69) is 10.4 Å². The van der Waals surface area contributed by atoms with E-state index in [1.807, 2.05) is 19.1 Å². The van der Waals surface area contributed by atoms with Gasteiger partial charge in [-0.3, -0.25) is 0 Å². The molecule has 1 atom stereocenters. The van der Waals surface area contributed by atoms with E-state index in [4.69, 9.17) is 10.00 Å². The van der Waals surface area contributed by atoms with Gasteiger partial charge in [-0.1, -0.05) is 0 Å². The molecule has 72 valence electrons. The second-order valence-corrected chi connectivity index (χ2v) is 10.6. The molecule has 0 aromatic rings. The second kappa shape index (κ2) is 5.26. The van der Waals surface area contributed by atoms with Crippen LogP contribution >= 0.6 is 0 Å². The van der Waals surface area contributed by atoms with E-state index in [1.54, 1.807) is 0 Å². The summed E-state index contributed by atoms with van der Waals surface area (Å²) >= 11 is -2.26. The molecular formula is C10H12InNO2. The van der Waals surface area contributed by atoms with Crippen LogP contribution in [0.15, 0.2) is 24.3 Å². The Morgan fingerprint density at radius 1 is 1.86 bits per heavy atom. The molecule has 0 aromatic carbocycles. The van der Waals surface area contributed by atoms with Gasteiger partial charge in [-0.25, -0.2) is 0 Å². The maximum atomic E-state index is 11.4. The van der Waals surface area contributed by atoms with Crippen LogP contribution in [0.5, 0.6) is 0 Å². The molecule has 3 nitrogen and oxygen atoms in total. The van der Waals surface area contributed by atoms with Crippen molar-refractivity contribution in [1.29, 1.82) is 5.26 Å². The quantitative estimate of drug-likeness (QED) is 0.450. The molecule has 0 saturated heterocycles. The van der Waals surface area contributed by atoms with Gasteiger partial charge in [-0.2, -0.15) is 0 Å². The molecule has 1 heterocycles. The zero-order valence-corrected chi connectivity index (χ0v) is 11.5. The third-order valence-electron chi connectivity index (χ3n) is 2.24. The van der Waals surface area contributed by atoms with Crippen molar-refractivity contribution in [3.05, 3.63) is 24.3 Å². The molecule has 0 radical (unpaired) electrons. The van der Waals surface area contributed by atoms with Crippen molar-refractivity contribution in [2.24, 2.45) is 0 Å². The number of rotatable bonds is 3. The number of nitriles is 1. The predicted molar refractivity (Wildman–Crippen MR) is 54.6 cm³/mol. The first-order chi connectivity index (χ1) is 6.69. The first kappa shape index (κ1) is 11.4. The summed E-state index contributed by atoms with van der Waals surface area (Å²) in [4.78, 5) is 11.4. The van der Waals surface area contributed by atoms with Crippen molar-refractivity contribution in [3.8, 4) is 3.83 Å². The molecule has 1 rings (SSSR count). The molecule has 1 aliphatic heterocycles. The summed E-state index contributed by atoms with van der Waals surface area (Å²) in [6.07, 6.45) is 4.41. The number of hydrogen-bond donors (Lipinski definition) is 0. The van der Waals surface area contributed by atoms with Crippen LogP contribution in [-0.2, 0) is 9.53 Å². The van der Waals surface area contributed by atoms with Crippen LogP contribution in [0.25, 0.3) is 0 Å². The van der Waals surface area contributed by atoms with Crippen LogP contribution in [0.1, 0.15) is 13.3 Å². The summed E-state index contributed by atoms with van der Waals surface area (Å²) in [7, 11) is 0. The summed E-state index contributed by atoms with van der Waals surface area (Å²) < 4.78 is 8.22. The zero-order valence-electron chi connectivity index (χ0n) is 8.19. The van der Waals surface area contributed by atoms with Crippen molar-refractivity contribution >= 4 is 27.4 Å². The Kier molecular flexibility index (Phi) is 4.27. The standard InChI is InChI=1S/C9H12O2.CN.In/c1-4-6-7-11-9(10)8(3)5-2;1-2;/h4,6-7H,1,3,5H2,2H3;;. The molecule has 14 heavy (non-hydrogen) atoms. The van der Waals surface area contributed by atoms with Crippen molar-refractivity contribution in [2.45, 2.75) is 21.4 Å². The second-order valence-electron chi connectivity index (χ2n) is 3.23. The number of esters is 1. The molecular weight excluding hydrogens is 281 g/mol. The summed E-state index contributed by atoms with van der Waals surface area (Å²) in [6.45, 7) is 5.47. The molecule has 0 aromatic heterocycles. The van der Waals surface area contributed by atoms with Crippen molar-refractivity contribution in [1.82, 2.24) is 0 Å². The fourth-order valence-corrected chi connectivity index (χ4v) is 6.03. The number of carbonyl (C=O) groups is 1. The molecule has 0 saturated carbocycles. The summed E-state index contributed by atoms with van der Waals surface area (Å²) in [5.41, 5.74) is 0.480. The number of ether oxygens (including phenoxy) is 1. The minimum atomic E-state index is -2.26. The van der Waals surface area contributed by atoms with Crippen LogP contribution in [0.3, 0.4) is 0 Å².